The van der Waals surface area contributed by atoms with E-state index in [0.29, 0.717) is 12.4 Å². The molecule has 1 fully saturated rings. The van der Waals surface area contributed by atoms with Crippen molar-refractivity contribution in [3.63, 3.8) is 0 Å². The normalized spacial score (nSPS) is 15.7. The lowest BCUT2D eigenvalue weighted by Crippen LogP contribution is -2.43. The summed E-state index contributed by atoms with van der Waals surface area (Å²) in [6, 6.07) is 5.43. The van der Waals surface area contributed by atoms with Gasteiger partial charge < -0.3 is 5.32 Å². The molecular formula is C22H30F3N5OS. The maximum Gasteiger partial charge on any atom is 0.418 e. The molecule has 0 atom stereocenters. The number of piperidine rings is 1. The number of rotatable bonds is 8. The zero-order valence-corrected chi connectivity index (χ0v) is 19.5. The van der Waals surface area contributed by atoms with E-state index in [9.17, 15) is 18.0 Å². The highest BCUT2D eigenvalue weighted by molar-refractivity contribution is 7.99. The quantitative estimate of drug-likeness (QED) is 0.570. The number of likely N-dealkylation sites (tertiary alicyclic amines) is 1. The Labute approximate surface area is 191 Å². The fourth-order valence-electron chi connectivity index (χ4n) is 3.60. The number of aromatic nitrogens is 3. The van der Waals surface area contributed by atoms with Gasteiger partial charge in [-0.25, -0.2) is 0 Å². The first-order valence-electron chi connectivity index (χ1n) is 10.9. The summed E-state index contributed by atoms with van der Waals surface area (Å²) in [5, 5.41) is 11.6. The highest BCUT2D eigenvalue weighted by Gasteiger charge is 2.35. The van der Waals surface area contributed by atoms with Crippen molar-refractivity contribution in [3.05, 3.63) is 35.7 Å². The van der Waals surface area contributed by atoms with E-state index in [2.05, 4.69) is 20.4 Å². The highest BCUT2D eigenvalue weighted by Crippen LogP contribution is 2.36. The lowest BCUT2D eigenvalue weighted by atomic mass is 10.0. The second-order valence-electron chi connectivity index (χ2n) is 8.66. The summed E-state index contributed by atoms with van der Waals surface area (Å²) in [7, 11) is 0. The second kappa shape index (κ2) is 10.2. The van der Waals surface area contributed by atoms with E-state index in [1.165, 1.54) is 16.7 Å². The molecular weight excluding hydrogens is 439 g/mol. The number of hydrogen-bond donors (Lipinski definition) is 1. The van der Waals surface area contributed by atoms with Crippen LogP contribution in [0.3, 0.4) is 0 Å². The maximum atomic E-state index is 13.8. The van der Waals surface area contributed by atoms with Gasteiger partial charge in [-0.3, -0.25) is 14.3 Å². The lowest BCUT2D eigenvalue weighted by molar-refractivity contribution is -0.137. The van der Waals surface area contributed by atoms with Gasteiger partial charge in [0.1, 0.15) is 0 Å². The molecule has 1 saturated heterocycles. The summed E-state index contributed by atoms with van der Waals surface area (Å²) in [5.41, 5.74) is -1.12. The van der Waals surface area contributed by atoms with Crippen LogP contribution < -0.4 is 5.32 Å². The molecule has 32 heavy (non-hydrogen) atoms. The van der Waals surface area contributed by atoms with Crippen molar-refractivity contribution in [3.8, 4) is 5.69 Å². The Balaban J connectivity index is 1.92. The van der Waals surface area contributed by atoms with Crippen molar-refractivity contribution in [2.24, 2.45) is 0 Å². The number of nitrogens with zero attached hydrogens (tertiary/aromatic N) is 4. The summed E-state index contributed by atoms with van der Waals surface area (Å²) < 4.78 is 42.8. The molecule has 176 valence electrons. The molecule has 1 aliphatic rings. The standard InChI is InChI=1S/C22H30F3N5OS/c1-4-21(2,3)26-19(31)15-32-20-28-27-18(14-29-12-8-5-9-13-29)30(20)17-11-7-6-10-16(17)22(23,24)25/h6-7,10-11H,4-5,8-9,12-15H2,1-3H3,(H,26,31). The van der Waals surface area contributed by atoms with Crippen molar-refractivity contribution < 1.29 is 18.0 Å². The predicted molar refractivity (Wildman–Crippen MR) is 119 cm³/mol. The van der Waals surface area contributed by atoms with Crippen LogP contribution in [0.2, 0.25) is 0 Å². The zero-order valence-electron chi connectivity index (χ0n) is 18.7. The predicted octanol–water partition coefficient (Wildman–Crippen LogP) is 4.67. The average molecular weight is 470 g/mol. The summed E-state index contributed by atoms with van der Waals surface area (Å²) >= 11 is 1.09. The molecule has 0 bridgehead atoms. The molecule has 3 rings (SSSR count). The van der Waals surface area contributed by atoms with E-state index < -0.39 is 11.7 Å². The molecule has 0 saturated carbocycles. The van der Waals surface area contributed by atoms with E-state index in [4.69, 9.17) is 0 Å². The Morgan fingerprint density at radius 3 is 2.47 bits per heavy atom. The Hall–Kier alpha value is -2.07. The van der Waals surface area contributed by atoms with Gasteiger partial charge in [-0.1, -0.05) is 37.2 Å². The Morgan fingerprint density at radius 2 is 1.81 bits per heavy atom. The van der Waals surface area contributed by atoms with Crippen LogP contribution in [0.25, 0.3) is 5.69 Å². The number of amides is 1. The van der Waals surface area contributed by atoms with E-state index >= 15 is 0 Å². The van der Waals surface area contributed by atoms with Gasteiger partial charge in [0.25, 0.3) is 0 Å². The van der Waals surface area contributed by atoms with Crippen LogP contribution in [0.1, 0.15) is 57.8 Å². The van der Waals surface area contributed by atoms with Crippen molar-refractivity contribution in [1.82, 2.24) is 25.0 Å². The van der Waals surface area contributed by atoms with Crippen LogP contribution in [0, 0.1) is 0 Å². The van der Waals surface area contributed by atoms with Gasteiger partial charge >= 0.3 is 6.18 Å². The molecule has 2 aromatic rings. The number of alkyl halides is 3. The number of benzene rings is 1. The first-order chi connectivity index (χ1) is 15.1. The fourth-order valence-corrected chi connectivity index (χ4v) is 4.36. The molecule has 2 heterocycles. The van der Waals surface area contributed by atoms with Crippen molar-refractivity contribution in [2.45, 2.75) is 69.9 Å². The number of halogens is 3. The van der Waals surface area contributed by atoms with Crippen molar-refractivity contribution in [1.29, 1.82) is 0 Å². The summed E-state index contributed by atoms with van der Waals surface area (Å²) in [5.74, 6) is 0.290. The number of carbonyl (C=O) groups is 1. The largest absolute Gasteiger partial charge is 0.418 e. The molecule has 10 heteroatoms. The van der Waals surface area contributed by atoms with E-state index in [0.717, 1.165) is 56.6 Å². The van der Waals surface area contributed by atoms with Gasteiger partial charge in [0.05, 0.1) is 23.5 Å². The van der Waals surface area contributed by atoms with Crippen LogP contribution in [0.5, 0.6) is 0 Å². The zero-order chi connectivity index (χ0) is 23.4. The van der Waals surface area contributed by atoms with Gasteiger partial charge in [0.2, 0.25) is 5.91 Å². The number of carbonyl (C=O) groups excluding carboxylic acids is 1. The Kier molecular flexibility index (Phi) is 7.87. The monoisotopic (exact) mass is 469 g/mol. The third-order valence-corrected chi connectivity index (χ3v) is 6.59. The molecule has 1 aliphatic heterocycles. The number of nitrogens with one attached hydrogen (secondary N) is 1. The first kappa shape index (κ1) is 24.6. The second-order valence-corrected chi connectivity index (χ2v) is 9.60. The van der Waals surface area contributed by atoms with Crippen molar-refractivity contribution >= 4 is 17.7 Å². The van der Waals surface area contributed by atoms with Crippen LogP contribution in [-0.4, -0.2) is 50.0 Å². The topological polar surface area (TPSA) is 63.1 Å². The Bertz CT molecular complexity index is 923. The van der Waals surface area contributed by atoms with Crippen LogP contribution >= 0.6 is 11.8 Å². The Morgan fingerprint density at radius 1 is 1.12 bits per heavy atom. The van der Waals surface area contributed by atoms with Crippen molar-refractivity contribution in [2.75, 3.05) is 18.8 Å². The number of thioether (sulfide) groups is 1. The molecule has 1 aromatic heterocycles. The fraction of sp³-hybridized carbons (Fsp3) is 0.591. The number of para-hydroxylation sites is 1. The highest BCUT2D eigenvalue weighted by atomic mass is 32.2. The number of hydrogen-bond acceptors (Lipinski definition) is 5. The van der Waals surface area contributed by atoms with Crippen LogP contribution in [-0.2, 0) is 17.5 Å². The molecule has 1 aromatic carbocycles. The molecule has 1 N–H and O–H groups in total. The third-order valence-electron chi connectivity index (χ3n) is 5.66. The molecule has 0 spiro atoms. The lowest BCUT2D eigenvalue weighted by Gasteiger charge is -2.26. The van der Waals surface area contributed by atoms with Gasteiger partial charge in [0, 0.05) is 5.54 Å². The van der Waals surface area contributed by atoms with Gasteiger partial charge in [-0.05, 0) is 58.3 Å². The van der Waals surface area contributed by atoms with E-state index in [1.807, 2.05) is 20.8 Å². The molecule has 1 amide bonds. The minimum Gasteiger partial charge on any atom is -0.351 e. The minimum atomic E-state index is -4.52. The average Bonchev–Trinajstić information content (AvgIpc) is 3.14. The van der Waals surface area contributed by atoms with Crippen LogP contribution in [0.15, 0.2) is 29.4 Å². The van der Waals surface area contributed by atoms with Gasteiger partial charge in [0.15, 0.2) is 11.0 Å². The minimum absolute atomic E-state index is 0.0196. The third kappa shape index (κ3) is 6.25. The van der Waals surface area contributed by atoms with E-state index in [1.54, 1.807) is 6.07 Å². The molecule has 0 unspecified atom stereocenters. The maximum absolute atomic E-state index is 13.8. The van der Waals surface area contributed by atoms with Crippen LogP contribution in [0.4, 0.5) is 13.2 Å². The smallest absolute Gasteiger partial charge is 0.351 e. The van der Waals surface area contributed by atoms with Gasteiger partial charge in [-0.2, -0.15) is 13.2 Å². The SMILES string of the molecule is CCC(C)(C)NC(=O)CSc1nnc(CN2CCCCC2)n1-c1ccccc1C(F)(F)F. The summed E-state index contributed by atoms with van der Waals surface area (Å²) in [6.07, 6.45) is -0.485. The first-order valence-corrected chi connectivity index (χ1v) is 11.9. The van der Waals surface area contributed by atoms with E-state index in [-0.39, 0.29) is 28.0 Å². The van der Waals surface area contributed by atoms with Gasteiger partial charge in [-0.15, -0.1) is 10.2 Å². The molecule has 0 radical (unpaired) electrons. The molecule has 6 nitrogen and oxygen atoms in total. The summed E-state index contributed by atoms with van der Waals surface area (Å²) in [6.45, 7) is 8.00. The summed E-state index contributed by atoms with van der Waals surface area (Å²) in [4.78, 5) is 14.6. The molecule has 0 aliphatic carbocycles.